The van der Waals surface area contributed by atoms with Gasteiger partial charge in [-0.25, -0.2) is 4.79 Å². The quantitative estimate of drug-likeness (QED) is 0.667. The minimum atomic E-state index is -0.372. The maximum absolute atomic E-state index is 11.9. The Hall–Kier alpha value is -2.75. The van der Waals surface area contributed by atoms with Crippen molar-refractivity contribution in [1.82, 2.24) is 9.97 Å². The molecule has 20 heavy (non-hydrogen) atoms. The summed E-state index contributed by atoms with van der Waals surface area (Å²) in [6.07, 6.45) is 5.22. The van der Waals surface area contributed by atoms with Crippen LogP contribution in [-0.4, -0.2) is 23.0 Å². The van der Waals surface area contributed by atoms with E-state index in [1.165, 1.54) is 7.11 Å². The molecule has 1 aromatic carbocycles. The number of esters is 1. The highest BCUT2D eigenvalue weighted by Gasteiger charge is 2.15. The summed E-state index contributed by atoms with van der Waals surface area (Å²) >= 11 is 0. The van der Waals surface area contributed by atoms with Crippen LogP contribution in [0, 0.1) is 0 Å². The van der Waals surface area contributed by atoms with Gasteiger partial charge in [-0.05, 0) is 23.6 Å². The fraction of sp³-hybridized carbons (Fsp3) is 0.0625. The number of hydrogen-bond acceptors (Lipinski definition) is 4. The predicted molar refractivity (Wildman–Crippen MR) is 76.3 cm³/mol. The van der Waals surface area contributed by atoms with Crippen LogP contribution in [0.5, 0.6) is 0 Å². The van der Waals surface area contributed by atoms with Crippen molar-refractivity contribution in [2.24, 2.45) is 0 Å². The van der Waals surface area contributed by atoms with Crippen molar-refractivity contribution in [2.45, 2.75) is 0 Å². The molecule has 4 heteroatoms. The normalized spacial score (nSPS) is 10.4. The zero-order chi connectivity index (χ0) is 13.9. The number of hydrogen-bond donors (Lipinski definition) is 0. The van der Waals surface area contributed by atoms with Crippen LogP contribution in [0.25, 0.3) is 22.0 Å². The van der Waals surface area contributed by atoms with Crippen molar-refractivity contribution in [2.75, 3.05) is 7.11 Å². The number of aromatic nitrogens is 2. The molecule has 2 heterocycles. The van der Waals surface area contributed by atoms with Crippen molar-refractivity contribution in [3.8, 4) is 11.3 Å². The Morgan fingerprint density at radius 2 is 1.90 bits per heavy atom. The first kappa shape index (κ1) is 12.3. The number of methoxy groups -OCH3 is 1. The van der Waals surface area contributed by atoms with Crippen molar-refractivity contribution < 1.29 is 9.53 Å². The maximum atomic E-state index is 11.9. The topological polar surface area (TPSA) is 52.1 Å². The molecule has 0 aliphatic rings. The smallest absolute Gasteiger partial charge is 0.338 e. The number of carbonyl (C=O) groups is 1. The Bertz CT molecular complexity index is 779. The van der Waals surface area contributed by atoms with E-state index < -0.39 is 0 Å². The molecule has 3 aromatic rings. The van der Waals surface area contributed by atoms with Crippen LogP contribution in [0.15, 0.2) is 55.0 Å². The Morgan fingerprint density at radius 3 is 2.75 bits per heavy atom. The number of benzene rings is 1. The second kappa shape index (κ2) is 5.09. The van der Waals surface area contributed by atoms with Gasteiger partial charge in [0.15, 0.2) is 0 Å². The van der Waals surface area contributed by atoms with Crippen molar-refractivity contribution in [1.29, 1.82) is 0 Å². The highest BCUT2D eigenvalue weighted by molar-refractivity contribution is 6.02. The summed E-state index contributed by atoms with van der Waals surface area (Å²) in [6.45, 7) is 0. The molecule has 0 spiro atoms. The van der Waals surface area contributed by atoms with E-state index in [9.17, 15) is 4.79 Å². The van der Waals surface area contributed by atoms with Crippen LogP contribution in [0.3, 0.4) is 0 Å². The van der Waals surface area contributed by atoms with Gasteiger partial charge in [-0.3, -0.25) is 9.97 Å². The number of fused-ring (bicyclic) bond motifs is 1. The molecule has 0 N–H and O–H groups in total. The predicted octanol–water partition coefficient (Wildman–Crippen LogP) is 3.08. The van der Waals surface area contributed by atoms with E-state index >= 15 is 0 Å². The third-order valence-corrected chi connectivity index (χ3v) is 3.16. The first-order valence-electron chi connectivity index (χ1n) is 6.17. The first-order chi connectivity index (χ1) is 9.81. The summed E-state index contributed by atoms with van der Waals surface area (Å²) in [5.41, 5.74) is 1.98. The number of nitrogens with zero attached hydrogens (tertiary/aromatic N) is 2. The molecule has 0 aliphatic heterocycles. The molecule has 0 amide bonds. The van der Waals surface area contributed by atoms with Crippen LogP contribution in [0.4, 0.5) is 0 Å². The molecule has 0 bridgehead atoms. The van der Waals surface area contributed by atoms with Crippen LogP contribution in [-0.2, 0) is 4.74 Å². The van der Waals surface area contributed by atoms with Gasteiger partial charge in [0, 0.05) is 29.5 Å². The van der Waals surface area contributed by atoms with E-state index in [1.807, 2.05) is 24.3 Å². The molecule has 0 aliphatic carbocycles. The second-order valence-corrected chi connectivity index (χ2v) is 4.29. The number of rotatable bonds is 2. The van der Waals surface area contributed by atoms with Gasteiger partial charge in [-0.2, -0.15) is 0 Å². The third-order valence-electron chi connectivity index (χ3n) is 3.16. The molecule has 4 nitrogen and oxygen atoms in total. The second-order valence-electron chi connectivity index (χ2n) is 4.29. The molecule has 98 valence electrons. The van der Waals surface area contributed by atoms with E-state index in [4.69, 9.17) is 4.74 Å². The lowest BCUT2D eigenvalue weighted by Gasteiger charge is -2.09. The molecule has 0 fully saturated rings. The molecule has 3 rings (SSSR count). The van der Waals surface area contributed by atoms with Crippen LogP contribution >= 0.6 is 0 Å². The van der Waals surface area contributed by atoms with E-state index in [-0.39, 0.29) is 5.97 Å². The highest BCUT2D eigenvalue weighted by Crippen LogP contribution is 2.28. The van der Waals surface area contributed by atoms with Gasteiger partial charge >= 0.3 is 5.97 Å². The summed E-state index contributed by atoms with van der Waals surface area (Å²) in [6, 6.07) is 11.1. The Balaban J connectivity index is 2.29. The number of carbonyl (C=O) groups excluding carboxylic acids is 1. The van der Waals surface area contributed by atoms with Gasteiger partial charge in [-0.15, -0.1) is 0 Å². The number of pyridine rings is 2. The van der Waals surface area contributed by atoms with Gasteiger partial charge in [0.05, 0.1) is 18.4 Å². The lowest BCUT2D eigenvalue weighted by atomic mass is 10.0. The molecular formula is C16H12N2O2. The van der Waals surface area contributed by atoms with E-state index in [2.05, 4.69) is 9.97 Å². The molecule has 0 unspecified atom stereocenters. The highest BCUT2D eigenvalue weighted by atomic mass is 16.5. The monoisotopic (exact) mass is 264 g/mol. The molecule has 0 saturated carbocycles. The van der Waals surface area contributed by atoms with Crippen molar-refractivity contribution in [3.05, 3.63) is 60.6 Å². The zero-order valence-electron chi connectivity index (χ0n) is 10.9. The Morgan fingerprint density at radius 1 is 1.10 bits per heavy atom. The summed E-state index contributed by atoms with van der Waals surface area (Å²) in [4.78, 5) is 20.4. The molecule has 2 aromatic heterocycles. The van der Waals surface area contributed by atoms with E-state index in [0.29, 0.717) is 5.56 Å². The third kappa shape index (κ3) is 2.01. The molecule has 0 saturated heterocycles. The standard InChI is InChI=1S/C16H12N2O2/c1-20-16(19)13-5-3-2-4-12(13)15-14-10-17-8-6-11(14)7-9-18-15/h2-10H,1H3. The van der Waals surface area contributed by atoms with Gasteiger partial charge in [0.1, 0.15) is 0 Å². The summed E-state index contributed by atoms with van der Waals surface area (Å²) in [5.74, 6) is -0.372. The Labute approximate surface area is 116 Å². The van der Waals surface area contributed by atoms with E-state index in [1.54, 1.807) is 30.7 Å². The number of ether oxygens (including phenoxy) is 1. The Kier molecular flexibility index (Phi) is 3.13. The fourth-order valence-corrected chi connectivity index (χ4v) is 2.20. The largest absolute Gasteiger partial charge is 0.465 e. The molecule has 0 atom stereocenters. The minimum absolute atomic E-state index is 0.372. The summed E-state index contributed by atoms with van der Waals surface area (Å²) < 4.78 is 4.83. The van der Waals surface area contributed by atoms with Gasteiger partial charge in [0.25, 0.3) is 0 Å². The first-order valence-corrected chi connectivity index (χ1v) is 6.17. The maximum Gasteiger partial charge on any atom is 0.338 e. The molecule has 0 radical (unpaired) electrons. The van der Waals surface area contributed by atoms with Crippen LogP contribution < -0.4 is 0 Å². The summed E-state index contributed by atoms with van der Waals surface area (Å²) in [5, 5.41) is 1.94. The van der Waals surface area contributed by atoms with Gasteiger partial charge in [0.2, 0.25) is 0 Å². The average molecular weight is 264 g/mol. The zero-order valence-corrected chi connectivity index (χ0v) is 10.9. The van der Waals surface area contributed by atoms with Crippen LogP contribution in [0.1, 0.15) is 10.4 Å². The van der Waals surface area contributed by atoms with Gasteiger partial charge in [-0.1, -0.05) is 18.2 Å². The van der Waals surface area contributed by atoms with E-state index in [0.717, 1.165) is 22.0 Å². The fourth-order valence-electron chi connectivity index (χ4n) is 2.20. The average Bonchev–Trinajstić information content (AvgIpc) is 2.53. The summed E-state index contributed by atoms with van der Waals surface area (Å²) in [7, 11) is 1.37. The lowest BCUT2D eigenvalue weighted by Crippen LogP contribution is -2.04. The van der Waals surface area contributed by atoms with Crippen LogP contribution in [0.2, 0.25) is 0 Å². The lowest BCUT2D eigenvalue weighted by molar-refractivity contribution is 0.0601. The van der Waals surface area contributed by atoms with Crippen molar-refractivity contribution in [3.63, 3.8) is 0 Å². The van der Waals surface area contributed by atoms with Crippen molar-refractivity contribution >= 4 is 16.7 Å². The molecular weight excluding hydrogens is 252 g/mol. The van der Waals surface area contributed by atoms with Gasteiger partial charge < -0.3 is 4.74 Å². The minimum Gasteiger partial charge on any atom is -0.465 e. The SMILES string of the molecule is COC(=O)c1ccccc1-c1nccc2ccncc12.